The summed E-state index contributed by atoms with van der Waals surface area (Å²) in [6, 6.07) is 7.35. The van der Waals surface area contributed by atoms with Crippen molar-refractivity contribution >= 4 is 29.1 Å². The Kier molecular flexibility index (Phi) is 5.07. The number of carbonyl (C=O) groups is 2. The van der Waals surface area contributed by atoms with E-state index in [9.17, 15) is 9.59 Å². The van der Waals surface area contributed by atoms with Gasteiger partial charge in [0, 0.05) is 34.3 Å². The lowest BCUT2D eigenvalue weighted by Crippen LogP contribution is -2.39. The molecule has 0 saturated heterocycles. The number of allylic oxidation sites excluding steroid dienone is 2. The Bertz CT molecular complexity index is 805. The first-order valence-corrected chi connectivity index (χ1v) is 9.35. The third-order valence-electron chi connectivity index (χ3n) is 5.07. The third kappa shape index (κ3) is 3.48. The normalized spacial score (nSPS) is 24.8. The van der Waals surface area contributed by atoms with Crippen LogP contribution >= 0.6 is 11.6 Å². The van der Waals surface area contributed by atoms with E-state index in [0.29, 0.717) is 29.3 Å². The number of aliphatic imine (C=N–C) groups is 1. The van der Waals surface area contributed by atoms with E-state index in [1.165, 1.54) is 0 Å². The summed E-state index contributed by atoms with van der Waals surface area (Å²) in [4.78, 5) is 30.4. The van der Waals surface area contributed by atoms with Gasteiger partial charge in [-0.15, -0.1) is 0 Å². The molecule has 5 heteroatoms. The topological polar surface area (TPSA) is 55.7 Å². The van der Waals surface area contributed by atoms with Gasteiger partial charge in [0.15, 0.2) is 5.78 Å². The highest BCUT2D eigenvalue weighted by atomic mass is 35.5. The molecule has 0 spiro atoms. The summed E-state index contributed by atoms with van der Waals surface area (Å²) >= 11 is 6.04. The molecule has 0 saturated carbocycles. The molecular formula is C21H24ClNO3. The molecular weight excluding hydrogens is 350 g/mol. The second-order valence-corrected chi connectivity index (χ2v) is 8.25. The summed E-state index contributed by atoms with van der Waals surface area (Å²) in [5, 5.41) is 0.618. The van der Waals surface area contributed by atoms with Crippen molar-refractivity contribution in [2.75, 3.05) is 6.61 Å². The molecule has 0 amide bonds. The number of esters is 1. The SMILES string of the molecule is CCOC(=O)C1C(C)=NC2=C(C(=O)CC(C)(C)C2)[C@H]1c1ccc(Cl)cc1. The van der Waals surface area contributed by atoms with Crippen LogP contribution in [0.5, 0.6) is 0 Å². The minimum atomic E-state index is -0.583. The van der Waals surface area contributed by atoms with Crippen LogP contribution in [-0.4, -0.2) is 24.1 Å². The van der Waals surface area contributed by atoms with E-state index in [1.54, 1.807) is 19.1 Å². The van der Waals surface area contributed by atoms with Crippen LogP contribution in [0.2, 0.25) is 5.02 Å². The summed E-state index contributed by atoms with van der Waals surface area (Å²) in [5.41, 5.74) is 2.94. The lowest BCUT2D eigenvalue weighted by molar-refractivity contribution is -0.146. The van der Waals surface area contributed by atoms with Crippen molar-refractivity contribution in [3.63, 3.8) is 0 Å². The summed E-state index contributed by atoms with van der Waals surface area (Å²) in [7, 11) is 0. The molecule has 138 valence electrons. The van der Waals surface area contributed by atoms with Crippen molar-refractivity contribution in [1.29, 1.82) is 0 Å². The van der Waals surface area contributed by atoms with Gasteiger partial charge in [-0.2, -0.15) is 0 Å². The van der Waals surface area contributed by atoms with Crippen LogP contribution in [0.1, 0.15) is 52.0 Å². The molecule has 1 aliphatic heterocycles. The number of halogens is 1. The van der Waals surface area contributed by atoms with Crippen molar-refractivity contribution in [2.24, 2.45) is 16.3 Å². The zero-order valence-corrected chi connectivity index (χ0v) is 16.4. The van der Waals surface area contributed by atoms with Gasteiger partial charge in [-0.25, -0.2) is 0 Å². The second-order valence-electron chi connectivity index (χ2n) is 7.81. The Hall–Kier alpha value is -1.94. The highest BCUT2D eigenvalue weighted by Gasteiger charge is 2.45. The molecule has 3 rings (SSSR count). The van der Waals surface area contributed by atoms with E-state index in [4.69, 9.17) is 16.3 Å². The molecule has 1 unspecified atom stereocenters. The first-order chi connectivity index (χ1) is 12.2. The van der Waals surface area contributed by atoms with Gasteiger partial charge in [0.25, 0.3) is 0 Å². The molecule has 2 aliphatic rings. The Balaban J connectivity index is 2.16. The lowest BCUT2D eigenvalue weighted by atomic mass is 9.67. The van der Waals surface area contributed by atoms with E-state index < -0.39 is 5.92 Å². The van der Waals surface area contributed by atoms with E-state index in [2.05, 4.69) is 18.8 Å². The van der Waals surface area contributed by atoms with Crippen molar-refractivity contribution in [3.05, 3.63) is 46.1 Å². The predicted octanol–water partition coefficient (Wildman–Crippen LogP) is 4.72. The smallest absolute Gasteiger partial charge is 0.315 e. The Morgan fingerprint density at radius 1 is 1.27 bits per heavy atom. The molecule has 0 N–H and O–H groups in total. The fourth-order valence-corrected chi connectivity index (χ4v) is 4.14. The molecule has 0 aromatic heterocycles. The lowest BCUT2D eigenvalue weighted by Gasteiger charge is -2.39. The van der Waals surface area contributed by atoms with Gasteiger partial charge in [0.05, 0.1) is 6.61 Å². The zero-order chi connectivity index (χ0) is 19.1. The number of rotatable bonds is 3. The van der Waals surface area contributed by atoms with Crippen LogP contribution < -0.4 is 0 Å². The third-order valence-corrected chi connectivity index (χ3v) is 5.32. The minimum Gasteiger partial charge on any atom is -0.465 e. The number of ketones is 1. The van der Waals surface area contributed by atoms with Gasteiger partial charge in [-0.1, -0.05) is 37.6 Å². The summed E-state index contributed by atoms with van der Waals surface area (Å²) in [5.74, 6) is -1.22. The molecule has 1 aliphatic carbocycles. The minimum absolute atomic E-state index is 0.0711. The Morgan fingerprint density at radius 2 is 1.92 bits per heavy atom. The fourth-order valence-electron chi connectivity index (χ4n) is 4.01. The molecule has 0 radical (unpaired) electrons. The van der Waals surface area contributed by atoms with Crippen LogP contribution in [0, 0.1) is 11.3 Å². The molecule has 2 atom stereocenters. The van der Waals surface area contributed by atoms with E-state index in [1.807, 2.05) is 19.1 Å². The van der Waals surface area contributed by atoms with Gasteiger partial charge >= 0.3 is 5.97 Å². The Morgan fingerprint density at radius 3 is 2.54 bits per heavy atom. The molecule has 1 aromatic rings. The fraction of sp³-hybridized carbons (Fsp3) is 0.476. The van der Waals surface area contributed by atoms with Crippen LogP contribution in [-0.2, 0) is 14.3 Å². The maximum Gasteiger partial charge on any atom is 0.315 e. The van der Waals surface area contributed by atoms with Crippen molar-refractivity contribution in [3.8, 4) is 0 Å². The summed E-state index contributed by atoms with van der Waals surface area (Å²) in [6.07, 6.45) is 1.19. The Labute approximate surface area is 159 Å². The number of Topliss-reactive ketones (excluding diaryl/α,β-unsaturated/α-hetero) is 1. The van der Waals surface area contributed by atoms with Crippen LogP contribution in [0.15, 0.2) is 40.5 Å². The van der Waals surface area contributed by atoms with E-state index >= 15 is 0 Å². The van der Waals surface area contributed by atoms with Crippen LogP contribution in [0.25, 0.3) is 0 Å². The zero-order valence-electron chi connectivity index (χ0n) is 15.6. The quantitative estimate of drug-likeness (QED) is 0.720. The first-order valence-electron chi connectivity index (χ1n) is 8.97. The van der Waals surface area contributed by atoms with Crippen molar-refractivity contribution in [2.45, 2.75) is 46.5 Å². The van der Waals surface area contributed by atoms with Crippen molar-refractivity contribution < 1.29 is 14.3 Å². The van der Waals surface area contributed by atoms with E-state index in [0.717, 1.165) is 17.7 Å². The molecule has 0 fully saturated rings. The number of hydrogen-bond acceptors (Lipinski definition) is 4. The standard InChI is InChI=1S/C21H24ClNO3/c1-5-26-20(25)17-12(2)23-15-10-21(3,4)11-16(24)19(15)18(17)13-6-8-14(22)9-7-13/h6-9,17-18H,5,10-11H2,1-4H3/t17?,18-/m0/s1. The maximum atomic E-state index is 13.0. The second kappa shape index (κ2) is 6.99. The predicted molar refractivity (Wildman–Crippen MR) is 102 cm³/mol. The molecule has 4 nitrogen and oxygen atoms in total. The molecule has 1 heterocycles. The van der Waals surface area contributed by atoms with Gasteiger partial charge in [-0.05, 0) is 43.4 Å². The monoisotopic (exact) mass is 373 g/mol. The van der Waals surface area contributed by atoms with Gasteiger partial charge < -0.3 is 4.74 Å². The number of nitrogens with zero attached hydrogens (tertiary/aromatic N) is 1. The molecule has 1 aromatic carbocycles. The average Bonchev–Trinajstić information content (AvgIpc) is 2.53. The highest BCUT2D eigenvalue weighted by molar-refractivity contribution is 6.30. The molecule has 26 heavy (non-hydrogen) atoms. The largest absolute Gasteiger partial charge is 0.465 e. The number of carbonyl (C=O) groups excluding carboxylic acids is 2. The molecule has 0 bridgehead atoms. The van der Waals surface area contributed by atoms with Crippen LogP contribution in [0.3, 0.4) is 0 Å². The first kappa shape index (κ1) is 18.8. The summed E-state index contributed by atoms with van der Waals surface area (Å²) < 4.78 is 5.30. The van der Waals surface area contributed by atoms with Crippen molar-refractivity contribution in [1.82, 2.24) is 0 Å². The number of benzene rings is 1. The number of ether oxygens (including phenoxy) is 1. The van der Waals surface area contributed by atoms with E-state index in [-0.39, 0.29) is 23.1 Å². The van der Waals surface area contributed by atoms with Gasteiger partial charge in [-0.3, -0.25) is 14.6 Å². The average molecular weight is 374 g/mol. The van der Waals surface area contributed by atoms with Gasteiger partial charge in [0.1, 0.15) is 5.92 Å². The highest BCUT2D eigenvalue weighted by Crippen LogP contribution is 2.47. The number of hydrogen-bond donors (Lipinski definition) is 0. The van der Waals surface area contributed by atoms with Crippen LogP contribution in [0.4, 0.5) is 0 Å². The summed E-state index contributed by atoms with van der Waals surface area (Å²) in [6.45, 7) is 8.08. The maximum absolute atomic E-state index is 13.0. The van der Waals surface area contributed by atoms with Gasteiger partial charge in [0.2, 0.25) is 0 Å².